The van der Waals surface area contributed by atoms with Crippen molar-refractivity contribution in [1.29, 1.82) is 0 Å². The number of para-hydroxylation sites is 1. The Bertz CT molecular complexity index is 1170. The van der Waals surface area contributed by atoms with Gasteiger partial charge >= 0.3 is 0 Å². The van der Waals surface area contributed by atoms with Crippen LogP contribution in [0, 0.1) is 6.92 Å². The lowest BCUT2D eigenvalue weighted by molar-refractivity contribution is 0.245. The molecule has 0 bridgehead atoms. The molecule has 5 rings (SSSR count). The Morgan fingerprint density at radius 3 is 2.66 bits per heavy atom. The molecule has 1 N–H and O–H groups in total. The minimum absolute atomic E-state index is 0.972. The van der Waals surface area contributed by atoms with Gasteiger partial charge in [0, 0.05) is 42.1 Å². The van der Waals surface area contributed by atoms with Gasteiger partial charge in [0.1, 0.15) is 0 Å². The Balaban J connectivity index is 1.36. The van der Waals surface area contributed by atoms with Crippen molar-refractivity contribution < 1.29 is 0 Å². The molecule has 0 spiro atoms. The van der Waals surface area contributed by atoms with Crippen LogP contribution in [0.1, 0.15) is 22.4 Å². The Morgan fingerprint density at radius 1 is 0.897 bits per heavy atom. The molecule has 0 fully saturated rings. The molecule has 0 unspecified atom stereocenters. The molecule has 3 aromatic carbocycles. The summed E-state index contributed by atoms with van der Waals surface area (Å²) in [4.78, 5) is 7.18. The number of aromatic nitrogens is 1. The maximum absolute atomic E-state index is 4.64. The number of aryl methyl sites for hydroxylation is 1. The van der Waals surface area contributed by atoms with Gasteiger partial charge in [0.2, 0.25) is 0 Å². The van der Waals surface area contributed by atoms with E-state index in [1.54, 1.807) is 0 Å². The maximum atomic E-state index is 4.64. The lowest BCUT2D eigenvalue weighted by atomic mass is 9.99. The first-order chi connectivity index (χ1) is 14.2. The maximum Gasteiger partial charge on any atom is 0.0726 e. The number of benzene rings is 3. The molecule has 0 amide bonds. The van der Waals surface area contributed by atoms with Crippen LogP contribution in [0.4, 0.5) is 11.4 Å². The van der Waals surface area contributed by atoms with Crippen LogP contribution in [0.15, 0.2) is 78.9 Å². The van der Waals surface area contributed by atoms with E-state index in [0.717, 1.165) is 54.0 Å². The molecule has 3 nitrogen and oxygen atoms in total. The zero-order valence-electron chi connectivity index (χ0n) is 16.7. The van der Waals surface area contributed by atoms with Crippen LogP contribution in [0.3, 0.4) is 0 Å². The van der Waals surface area contributed by atoms with Crippen LogP contribution in [0.5, 0.6) is 0 Å². The topological polar surface area (TPSA) is 28.2 Å². The van der Waals surface area contributed by atoms with Gasteiger partial charge in [-0.05, 0) is 54.3 Å². The third-order valence-electron chi connectivity index (χ3n) is 5.67. The summed E-state index contributed by atoms with van der Waals surface area (Å²) < 4.78 is 0. The van der Waals surface area contributed by atoms with E-state index in [0.29, 0.717) is 0 Å². The third-order valence-corrected chi connectivity index (χ3v) is 5.67. The second-order valence-electron chi connectivity index (χ2n) is 7.88. The van der Waals surface area contributed by atoms with E-state index in [9.17, 15) is 0 Å². The predicted molar refractivity (Wildman–Crippen MR) is 120 cm³/mol. The first-order valence-corrected chi connectivity index (χ1v) is 10.3. The van der Waals surface area contributed by atoms with E-state index in [4.69, 9.17) is 0 Å². The first kappa shape index (κ1) is 17.9. The fourth-order valence-corrected chi connectivity index (χ4v) is 4.26. The van der Waals surface area contributed by atoms with Gasteiger partial charge in [-0.25, -0.2) is 0 Å². The van der Waals surface area contributed by atoms with Crippen molar-refractivity contribution in [3.05, 3.63) is 101 Å². The highest BCUT2D eigenvalue weighted by Crippen LogP contribution is 2.27. The smallest absolute Gasteiger partial charge is 0.0726 e. The highest BCUT2D eigenvalue weighted by Gasteiger charge is 2.15. The number of pyridine rings is 1. The molecule has 0 atom stereocenters. The highest BCUT2D eigenvalue weighted by molar-refractivity contribution is 5.93. The largest absolute Gasteiger partial charge is 0.355 e. The Morgan fingerprint density at radius 2 is 1.72 bits per heavy atom. The lowest BCUT2D eigenvalue weighted by Gasteiger charge is -2.28. The normalized spacial score (nSPS) is 14.0. The van der Waals surface area contributed by atoms with Gasteiger partial charge < -0.3 is 5.32 Å². The van der Waals surface area contributed by atoms with Crippen LogP contribution < -0.4 is 5.32 Å². The Labute approximate surface area is 172 Å². The SMILES string of the molecule is Cc1cc(Nc2cccc(CN3CCc4ccccc4C3)c2)c2ccccc2n1. The molecule has 0 radical (unpaired) electrons. The summed E-state index contributed by atoms with van der Waals surface area (Å²) in [6, 6.07) is 28.0. The predicted octanol–water partition coefficient (Wildman–Crippen LogP) is 5.85. The molecule has 0 saturated heterocycles. The standard InChI is InChI=1S/C26H25N3/c1-19-15-26(24-11-4-5-12-25(24)27-19)28-23-10-6-7-20(16-23)17-29-14-13-21-8-2-3-9-22(21)18-29/h2-12,15-16H,13-14,17-18H2,1H3,(H,27,28). The van der Waals surface area contributed by atoms with Gasteiger partial charge in [-0.15, -0.1) is 0 Å². The minimum Gasteiger partial charge on any atom is -0.355 e. The monoisotopic (exact) mass is 379 g/mol. The molecule has 2 heterocycles. The number of nitrogens with zero attached hydrogens (tertiary/aromatic N) is 2. The molecule has 4 aromatic rings. The van der Waals surface area contributed by atoms with Crippen molar-refractivity contribution in [2.45, 2.75) is 26.4 Å². The molecule has 1 aliphatic heterocycles. The number of nitrogens with one attached hydrogen (secondary N) is 1. The number of hydrogen-bond donors (Lipinski definition) is 1. The first-order valence-electron chi connectivity index (χ1n) is 10.3. The summed E-state index contributed by atoms with van der Waals surface area (Å²) >= 11 is 0. The van der Waals surface area contributed by atoms with E-state index in [1.165, 1.54) is 16.7 Å². The summed E-state index contributed by atoms with van der Waals surface area (Å²) in [5, 5.41) is 4.77. The second kappa shape index (κ2) is 7.69. The number of rotatable bonds is 4. The molecular formula is C26H25N3. The number of fused-ring (bicyclic) bond motifs is 2. The van der Waals surface area contributed by atoms with Gasteiger partial charge in [-0.3, -0.25) is 9.88 Å². The summed E-state index contributed by atoms with van der Waals surface area (Å²) in [6.07, 6.45) is 1.14. The van der Waals surface area contributed by atoms with Crippen molar-refractivity contribution >= 4 is 22.3 Å². The Hall–Kier alpha value is -3.17. The van der Waals surface area contributed by atoms with Crippen molar-refractivity contribution in [1.82, 2.24) is 9.88 Å². The van der Waals surface area contributed by atoms with E-state index in [1.807, 2.05) is 13.0 Å². The average molecular weight is 380 g/mol. The van der Waals surface area contributed by atoms with Gasteiger partial charge in [0.05, 0.1) is 5.52 Å². The van der Waals surface area contributed by atoms with Crippen molar-refractivity contribution in [2.24, 2.45) is 0 Å². The van der Waals surface area contributed by atoms with Crippen molar-refractivity contribution in [2.75, 3.05) is 11.9 Å². The third kappa shape index (κ3) is 3.87. The van der Waals surface area contributed by atoms with Crippen molar-refractivity contribution in [3.8, 4) is 0 Å². The van der Waals surface area contributed by atoms with Crippen LogP contribution in [0.25, 0.3) is 10.9 Å². The van der Waals surface area contributed by atoms with Gasteiger partial charge in [-0.1, -0.05) is 54.6 Å². The molecule has 0 saturated carbocycles. The van der Waals surface area contributed by atoms with Gasteiger partial charge in [0.15, 0.2) is 0 Å². The molecular weight excluding hydrogens is 354 g/mol. The lowest BCUT2D eigenvalue weighted by Crippen LogP contribution is -2.29. The fraction of sp³-hybridized carbons (Fsp3) is 0.192. The average Bonchev–Trinajstić information content (AvgIpc) is 2.74. The molecule has 1 aliphatic rings. The number of anilines is 2. The van der Waals surface area contributed by atoms with E-state index in [-0.39, 0.29) is 0 Å². The molecule has 144 valence electrons. The van der Waals surface area contributed by atoms with Crippen LogP contribution in [0.2, 0.25) is 0 Å². The van der Waals surface area contributed by atoms with Crippen LogP contribution in [-0.4, -0.2) is 16.4 Å². The van der Waals surface area contributed by atoms with Gasteiger partial charge in [0.25, 0.3) is 0 Å². The summed E-state index contributed by atoms with van der Waals surface area (Å²) in [5.41, 5.74) is 8.58. The molecule has 1 aromatic heterocycles. The van der Waals surface area contributed by atoms with E-state index in [2.05, 4.69) is 88.0 Å². The van der Waals surface area contributed by atoms with E-state index < -0.39 is 0 Å². The quantitative estimate of drug-likeness (QED) is 0.482. The minimum atomic E-state index is 0.972. The zero-order chi connectivity index (χ0) is 19.6. The molecule has 3 heteroatoms. The van der Waals surface area contributed by atoms with Crippen LogP contribution >= 0.6 is 0 Å². The second-order valence-corrected chi connectivity index (χ2v) is 7.88. The Kier molecular flexibility index (Phi) is 4.74. The molecule has 29 heavy (non-hydrogen) atoms. The zero-order valence-corrected chi connectivity index (χ0v) is 16.7. The highest BCUT2D eigenvalue weighted by atomic mass is 15.1. The summed E-state index contributed by atoms with van der Waals surface area (Å²) in [5.74, 6) is 0. The summed E-state index contributed by atoms with van der Waals surface area (Å²) in [7, 11) is 0. The summed E-state index contributed by atoms with van der Waals surface area (Å²) in [6.45, 7) is 5.16. The van der Waals surface area contributed by atoms with Gasteiger partial charge in [-0.2, -0.15) is 0 Å². The molecule has 0 aliphatic carbocycles. The van der Waals surface area contributed by atoms with Crippen molar-refractivity contribution in [3.63, 3.8) is 0 Å². The fourth-order valence-electron chi connectivity index (χ4n) is 4.26. The van der Waals surface area contributed by atoms with Crippen LogP contribution in [-0.2, 0) is 19.5 Å². The van der Waals surface area contributed by atoms with E-state index >= 15 is 0 Å². The number of hydrogen-bond acceptors (Lipinski definition) is 3.